The van der Waals surface area contributed by atoms with Crippen molar-refractivity contribution in [3.05, 3.63) is 51.4 Å². The van der Waals surface area contributed by atoms with Crippen molar-refractivity contribution in [2.75, 3.05) is 6.54 Å². The zero-order valence-electron chi connectivity index (χ0n) is 9.69. The lowest BCUT2D eigenvalue weighted by Crippen LogP contribution is -2.23. The van der Waals surface area contributed by atoms with Crippen molar-refractivity contribution in [1.29, 1.82) is 0 Å². The smallest absolute Gasteiger partial charge is 0.0762 e. The highest BCUT2D eigenvalue weighted by atomic mass is 35.5. The molecule has 0 fully saturated rings. The molecular formula is C13H15ClN2S. The number of hydrogen-bond acceptors (Lipinski definition) is 3. The van der Waals surface area contributed by atoms with Gasteiger partial charge in [-0.2, -0.15) is 0 Å². The van der Waals surface area contributed by atoms with E-state index in [0.29, 0.717) is 0 Å². The van der Waals surface area contributed by atoms with Crippen LogP contribution in [0.2, 0.25) is 5.02 Å². The van der Waals surface area contributed by atoms with Gasteiger partial charge in [-0.05, 0) is 30.1 Å². The highest BCUT2D eigenvalue weighted by Gasteiger charge is 2.15. The minimum atomic E-state index is 0.187. The van der Waals surface area contributed by atoms with E-state index < -0.39 is 0 Å². The Morgan fingerprint density at radius 2 is 2.29 bits per heavy atom. The monoisotopic (exact) mass is 266 g/mol. The van der Waals surface area contributed by atoms with Gasteiger partial charge < -0.3 is 5.32 Å². The molecule has 2 nitrogen and oxygen atoms in total. The summed E-state index contributed by atoms with van der Waals surface area (Å²) in [7, 11) is 0. The Bertz CT molecular complexity index is 456. The number of hydrogen-bond donors (Lipinski definition) is 1. The molecule has 0 saturated heterocycles. The number of pyridine rings is 1. The van der Waals surface area contributed by atoms with Gasteiger partial charge in [-0.25, -0.2) is 0 Å². The van der Waals surface area contributed by atoms with Crippen LogP contribution in [0.4, 0.5) is 0 Å². The molecule has 0 bridgehead atoms. The quantitative estimate of drug-likeness (QED) is 0.893. The first-order chi connectivity index (χ1) is 8.31. The zero-order valence-corrected chi connectivity index (χ0v) is 11.3. The van der Waals surface area contributed by atoms with Gasteiger partial charge in [0.1, 0.15) is 0 Å². The molecule has 0 aliphatic rings. The molecule has 2 rings (SSSR count). The lowest BCUT2D eigenvalue weighted by Gasteiger charge is -2.17. The lowest BCUT2D eigenvalue weighted by atomic mass is 10.1. The maximum absolute atomic E-state index is 6.20. The molecule has 0 radical (unpaired) electrons. The first-order valence-corrected chi connectivity index (χ1v) is 6.93. The van der Waals surface area contributed by atoms with Crippen LogP contribution in [0.1, 0.15) is 23.5 Å². The molecule has 0 spiro atoms. The second-order valence-corrected chi connectivity index (χ2v) is 5.20. The number of rotatable bonds is 5. The van der Waals surface area contributed by atoms with E-state index in [1.54, 1.807) is 17.5 Å². The summed E-state index contributed by atoms with van der Waals surface area (Å²) in [6, 6.07) is 8.16. The van der Waals surface area contributed by atoms with Gasteiger partial charge in [0.25, 0.3) is 0 Å². The summed E-state index contributed by atoms with van der Waals surface area (Å²) in [5, 5.41) is 6.26. The van der Waals surface area contributed by atoms with Crippen LogP contribution >= 0.6 is 22.9 Å². The van der Waals surface area contributed by atoms with Gasteiger partial charge in [0.2, 0.25) is 0 Å². The molecule has 1 unspecified atom stereocenters. The Hall–Kier alpha value is -0.900. The van der Waals surface area contributed by atoms with Crippen LogP contribution in [0.3, 0.4) is 0 Å². The van der Waals surface area contributed by atoms with Gasteiger partial charge in [-0.3, -0.25) is 4.98 Å². The summed E-state index contributed by atoms with van der Waals surface area (Å²) in [4.78, 5) is 5.73. The predicted molar refractivity (Wildman–Crippen MR) is 73.7 cm³/mol. The summed E-state index contributed by atoms with van der Waals surface area (Å²) < 4.78 is 0. The van der Waals surface area contributed by atoms with Crippen LogP contribution in [0.25, 0.3) is 0 Å². The molecule has 90 valence electrons. The van der Waals surface area contributed by atoms with Crippen molar-refractivity contribution in [1.82, 2.24) is 10.3 Å². The Morgan fingerprint density at radius 3 is 2.94 bits per heavy atom. The van der Waals surface area contributed by atoms with E-state index >= 15 is 0 Å². The second kappa shape index (κ2) is 6.15. The van der Waals surface area contributed by atoms with Gasteiger partial charge in [-0.1, -0.05) is 24.6 Å². The average Bonchev–Trinajstić information content (AvgIpc) is 2.82. The van der Waals surface area contributed by atoms with Crippen LogP contribution in [-0.2, 0) is 6.42 Å². The van der Waals surface area contributed by atoms with Crippen molar-refractivity contribution in [2.45, 2.75) is 19.4 Å². The number of aromatic nitrogens is 1. The van der Waals surface area contributed by atoms with Crippen LogP contribution in [0.15, 0.2) is 35.8 Å². The summed E-state index contributed by atoms with van der Waals surface area (Å²) in [6.45, 7) is 3.00. The predicted octanol–water partition coefficient (Wildman–Crippen LogP) is 3.69. The SMILES string of the molecule is CCNC(Cc1cccs1)c1ncccc1Cl. The van der Waals surface area contributed by atoms with E-state index in [4.69, 9.17) is 11.6 Å². The zero-order chi connectivity index (χ0) is 12.1. The first kappa shape index (κ1) is 12.6. The van der Waals surface area contributed by atoms with Crippen molar-refractivity contribution in [3.63, 3.8) is 0 Å². The Balaban J connectivity index is 2.20. The topological polar surface area (TPSA) is 24.9 Å². The number of likely N-dealkylation sites (N-methyl/N-ethyl adjacent to an activating group) is 1. The molecule has 2 heterocycles. The fraction of sp³-hybridized carbons (Fsp3) is 0.308. The van der Waals surface area contributed by atoms with Crippen LogP contribution < -0.4 is 5.32 Å². The van der Waals surface area contributed by atoms with Crippen LogP contribution in [0, 0.1) is 0 Å². The highest BCUT2D eigenvalue weighted by molar-refractivity contribution is 7.09. The first-order valence-electron chi connectivity index (χ1n) is 5.67. The normalized spacial score (nSPS) is 12.6. The highest BCUT2D eigenvalue weighted by Crippen LogP contribution is 2.25. The van der Waals surface area contributed by atoms with E-state index in [1.807, 2.05) is 12.1 Å². The molecule has 4 heteroatoms. The van der Waals surface area contributed by atoms with E-state index in [9.17, 15) is 0 Å². The van der Waals surface area contributed by atoms with Gasteiger partial charge >= 0.3 is 0 Å². The van der Waals surface area contributed by atoms with Crippen molar-refractivity contribution < 1.29 is 0 Å². The number of thiophene rings is 1. The molecule has 1 N–H and O–H groups in total. The molecular weight excluding hydrogens is 252 g/mol. The van der Waals surface area contributed by atoms with Crippen LogP contribution in [0.5, 0.6) is 0 Å². The van der Waals surface area contributed by atoms with Crippen molar-refractivity contribution in [3.8, 4) is 0 Å². The second-order valence-electron chi connectivity index (χ2n) is 3.76. The number of nitrogens with zero attached hydrogens (tertiary/aromatic N) is 1. The van der Waals surface area contributed by atoms with Crippen molar-refractivity contribution >= 4 is 22.9 Å². The average molecular weight is 267 g/mol. The van der Waals surface area contributed by atoms with E-state index in [1.165, 1.54) is 4.88 Å². The molecule has 1 atom stereocenters. The molecule has 0 aromatic carbocycles. The van der Waals surface area contributed by atoms with Gasteiger partial charge in [0, 0.05) is 17.5 Å². The van der Waals surface area contributed by atoms with E-state index in [0.717, 1.165) is 23.7 Å². The summed E-state index contributed by atoms with van der Waals surface area (Å²) in [6.07, 6.45) is 2.72. The number of halogens is 1. The minimum Gasteiger partial charge on any atom is -0.309 e. The molecule has 17 heavy (non-hydrogen) atoms. The summed E-state index contributed by atoms with van der Waals surface area (Å²) >= 11 is 7.96. The lowest BCUT2D eigenvalue weighted by molar-refractivity contribution is 0.540. The molecule has 0 saturated carbocycles. The van der Waals surface area contributed by atoms with Gasteiger partial charge in [-0.15, -0.1) is 11.3 Å². The molecule has 0 aliphatic carbocycles. The Morgan fingerprint density at radius 1 is 1.41 bits per heavy atom. The third-order valence-electron chi connectivity index (χ3n) is 2.55. The minimum absolute atomic E-state index is 0.187. The molecule has 0 aliphatic heterocycles. The van der Waals surface area contributed by atoms with E-state index in [-0.39, 0.29) is 6.04 Å². The van der Waals surface area contributed by atoms with Gasteiger partial charge in [0.05, 0.1) is 16.8 Å². The molecule has 2 aromatic heterocycles. The third-order valence-corrected chi connectivity index (χ3v) is 3.77. The summed E-state index contributed by atoms with van der Waals surface area (Å²) in [5.41, 5.74) is 0.935. The Labute approximate surface area is 111 Å². The third kappa shape index (κ3) is 3.28. The fourth-order valence-corrected chi connectivity index (χ4v) is 2.80. The number of nitrogens with one attached hydrogen (secondary N) is 1. The standard InChI is InChI=1S/C13H15ClN2S/c1-2-15-12(9-10-5-4-8-17-10)13-11(14)6-3-7-16-13/h3-8,12,15H,2,9H2,1H3. The summed E-state index contributed by atoms with van der Waals surface area (Å²) in [5.74, 6) is 0. The maximum atomic E-state index is 6.20. The fourth-order valence-electron chi connectivity index (χ4n) is 1.80. The van der Waals surface area contributed by atoms with Crippen LogP contribution in [-0.4, -0.2) is 11.5 Å². The maximum Gasteiger partial charge on any atom is 0.0762 e. The largest absolute Gasteiger partial charge is 0.309 e. The molecule has 2 aromatic rings. The Kier molecular flexibility index (Phi) is 4.54. The molecule has 0 amide bonds. The van der Waals surface area contributed by atoms with Crippen molar-refractivity contribution in [2.24, 2.45) is 0 Å². The van der Waals surface area contributed by atoms with Gasteiger partial charge in [0.15, 0.2) is 0 Å². The van der Waals surface area contributed by atoms with E-state index in [2.05, 4.69) is 34.7 Å².